The van der Waals surface area contributed by atoms with E-state index >= 15 is 0 Å². The van der Waals surface area contributed by atoms with Crippen molar-refractivity contribution in [2.75, 3.05) is 30.6 Å². The summed E-state index contributed by atoms with van der Waals surface area (Å²) in [5.41, 5.74) is 16.6. The molecule has 0 radical (unpaired) electrons. The first-order chi connectivity index (χ1) is 17.0. The Labute approximate surface area is 222 Å². The molecule has 5 atom stereocenters. The van der Waals surface area contributed by atoms with Gasteiger partial charge in [0.15, 0.2) is 5.96 Å². The predicted molar refractivity (Wildman–Crippen MR) is 147 cm³/mol. The smallest absolute Gasteiger partial charge is 0.326 e. The molecule has 10 N–H and O–H groups in total. The van der Waals surface area contributed by atoms with Crippen molar-refractivity contribution >= 4 is 53.2 Å². The molecule has 0 spiro atoms. The van der Waals surface area contributed by atoms with E-state index in [2.05, 4.69) is 20.9 Å². The van der Waals surface area contributed by atoms with E-state index in [1.807, 2.05) is 26.4 Å². The molecule has 0 aliphatic carbocycles. The molecule has 0 saturated heterocycles. The van der Waals surface area contributed by atoms with Gasteiger partial charge in [-0.1, -0.05) is 20.3 Å². The van der Waals surface area contributed by atoms with E-state index < -0.39 is 47.9 Å². The van der Waals surface area contributed by atoms with Gasteiger partial charge in [-0.05, 0) is 55.6 Å². The molecule has 14 heteroatoms. The second kappa shape index (κ2) is 19.0. The number of guanidine groups is 1. The number of carbonyl (C=O) groups excluding carboxylic acids is 3. The molecular weight excluding hydrogens is 506 g/mol. The minimum absolute atomic E-state index is 0.0412. The Kier molecular flexibility index (Phi) is 17.8. The molecule has 0 aromatic heterocycles. The van der Waals surface area contributed by atoms with Gasteiger partial charge in [0, 0.05) is 6.54 Å². The minimum Gasteiger partial charge on any atom is -0.480 e. The highest BCUT2D eigenvalue weighted by Crippen LogP contribution is 2.11. The largest absolute Gasteiger partial charge is 0.480 e. The zero-order valence-corrected chi connectivity index (χ0v) is 23.3. The molecule has 0 fully saturated rings. The summed E-state index contributed by atoms with van der Waals surface area (Å²) in [6.45, 7) is 4.03. The van der Waals surface area contributed by atoms with E-state index in [1.165, 1.54) is 23.5 Å². The Bertz CT molecular complexity index is 738. The number of carboxylic acids is 1. The fraction of sp³-hybridized carbons (Fsp3) is 0.773. The predicted octanol–water partition coefficient (Wildman–Crippen LogP) is -0.541. The zero-order chi connectivity index (χ0) is 27.7. The van der Waals surface area contributed by atoms with Gasteiger partial charge in [0.05, 0.1) is 6.04 Å². The fourth-order valence-corrected chi connectivity index (χ4v) is 4.09. The Morgan fingerprint density at radius 1 is 0.889 bits per heavy atom. The van der Waals surface area contributed by atoms with Gasteiger partial charge in [0.1, 0.15) is 18.1 Å². The second-order valence-electron chi connectivity index (χ2n) is 8.45. The van der Waals surface area contributed by atoms with Gasteiger partial charge in [0.2, 0.25) is 17.7 Å². The molecule has 0 aromatic rings. The Morgan fingerprint density at radius 3 is 1.94 bits per heavy atom. The number of rotatable bonds is 19. The highest BCUT2D eigenvalue weighted by atomic mass is 32.2. The van der Waals surface area contributed by atoms with Gasteiger partial charge in [-0.25, -0.2) is 4.79 Å². The molecule has 0 aromatic carbocycles. The summed E-state index contributed by atoms with van der Waals surface area (Å²) >= 11 is 2.97. The number of hydrogen-bond donors (Lipinski definition) is 7. The van der Waals surface area contributed by atoms with Crippen molar-refractivity contribution in [3.8, 4) is 0 Å². The van der Waals surface area contributed by atoms with Crippen LogP contribution in [0.4, 0.5) is 0 Å². The molecule has 0 aliphatic rings. The van der Waals surface area contributed by atoms with E-state index in [4.69, 9.17) is 17.2 Å². The number of amides is 3. The maximum absolute atomic E-state index is 13.2. The number of carbonyl (C=O) groups is 4. The summed E-state index contributed by atoms with van der Waals surface area (Å²) in [5, 5.41) is 17.4. The standard InChI is InChI=1S/C22H43N7O5S2/c1-5-13(2)17(29-18(30)14(23)7-6-10-26-22(24)25)20(32)27-15(8-11-35-3)19(31)28-16(21(33)34)9-12-36-4/h13-17H,5-12,23H2,1-4H3,(H,27,32)(H,28,31)(H,29,30)(H,33,34)(H4,24,25,26). The number of carboxylic acid groups (broad SMARTS) is 1. The number of hydrogen-bond acceptors (Lipinski definition) is 8. The second-order valence-corrected chi connectivity index (χ2v) is 10.4. The summed E-state index contributed by atoms with van der Waals surface area (Å²) in [4.78, 5) is 54.2. The molecule has 0 saturated carbocycles. The van der Waals surface area contributed by atoms with Crippen molar-refractivity contribution in [2.45, 2.75) is 70.1 Å². The summed E-state index contributed by atoms with van der Waals surface area (Å²) in [5.74, 6) is -1.87. The topological polar surface area (TPSA) is 215 Å². The minimum atomic E-state index is -1.13. The van der Waals surface area contributed by atoms with Crippen LogP contribution in [0.15, 0.2) is 4.99 Å². The van der Waals surface area contributed by atoms with E-state index in [0.717, 1.165) is 0 Å². The van der Waals surface area contributed by atoms with E-state index in [9.17, 15) is 24.3 Å². The lowest BCUT2D eigenvalue weighted by atomic mass is 9.97. The SMILES string of the molecule is CCC(C)C(NC(=O)C(N)CCCN=C(N)N)C(=O)NC(CCSC)C(=O)NC(CCSC)C(=O)O. The Balaban J connectivity index is 5.38. The third-order valence-corrected chi connectivity index (χ3v) is 6.85. The quantitative estimate of drug-likeness (QED) is 0.0620. The van der Waals surface area contributed by atoms with Crippen molar-refractivity contribution in [3.63, 3.8) is 0 Å². The Morgan fingerprint density at radius 2 is 1.44 bits per heavy atom. The molecule has 12 nitrogen and oxygen atoms in total. The van der Waals surface area contributed by atoms with Crippen LogP contribution in [0.5, 0.6) is 0 Å². The third kappa shape index (κ3) is 13.8. The van der Waals surface area contributed by atoms with Gasteiger partial charge in [-0.3, -0.25) is 19.4 Å². The monoisotopic (exact) mass is 549 g/mol. The van der Waals surface area contributed by atoms with Crippen molar-refractivity contribution in [1.82, 2.24) is 16.0 Å². The van der Waals surface area contributed by atoms with Crippen LogP contribution in [0.25, 0.3) is 0 Å². The van der Waals surface area contributed by atoms with E-state index in [-0.39, 0.29) is 18.3 Å². The van der Waals surface area contributed by atoms with E-state index in [0.29, 0.717) is 43.7 Å². The van der Waals surface area contributed by atoms with Gasteiger partial charge < -0.3 is 38.3 Å². The summed E-state index contributed by atoms with van der Waals surface area (Å²) in [6.07, 6.45) is 5.69. The van der Waals surface area contributed by atoms with Crippen molar-refractivity contribution in [1.29, 1.82) is 0 Å². The lowest BCUT2D eigenvalue weighted by molar-refractivity contribution is -0.142. The molecule has 208 valence electrons. The normalized spacial score (nSPS) is 15.0. The Hall–Kier alpha value is -2.19. The van der Waals surface area contributed by atoms with Gasteiger partial charge in [-0.15, -0.1) is 0 Å². The van der Waals surface area contributed by atoms with Crippen LogP contribution < -0.4 is 33.2 Å². The molecule has 0 aliphatic heterocycles. The molecule has 3 amide bonds. The fourth-order valence-electron chi connectivity index (χ4n) is 3.14. The number of nitrogens with two attached hydrogens (primary N) is 3. The molecule has 0 bridgehead atoms. The number of nitrogens with one attached hydrogen (secondary N) is 3. The first kappa shape index (κ1) is 33.8. The number of nitrogens with zero attached hydrogens (tertiary/aromatic N) is 1. The molecule has 0 rings (SSSR count). The number of aliphatic carboxylic acids is 1. The van der Waals surface area contributed by atoms with Crippen molar-refractivity contribution < 1.29 is 24.3 Å². The van der Waals surface area contributed by atoms with E-state index in [1.54, 1.807) is 0 Å². The summed E-state index contributed by atoms with van der Waals surface area (Å²) < 4.78 is 0. The molecular formula is C22H43N7O5S2. The highest BCUT2D eigenvalue weighted by Gasteiger charge is 2.32. The van der Waals surface area contributed by atoms with Crippen LogP contribution in [-0.4, -0.2) is 89.5 Å². The first-order valence-corrected chi connectivity index (χ1v) is 14.7. The lowest BCUT2D eigenvalue weighted by Crippen LogP contribution is -2.58. The average Bonchev–Trinajstić information content (AvgIpc) is 2.83. The van der Waals surface area contributed by atoms with Crippen LogP contribution in [0.1, 0.15) is 46.0 Å². The molecule has 36 heavy (non-hydrogen) atoms. The van der Waals surface area contributed by atoms with Crippen LogP contribution in [-0.2, 0) is 19.2 Å². The van der Waals surface area contributed by atoms with Crippen LogP contribution >= 0.6 is 23.5 Å². The zero-order valence-electron chi connectivity index (χ0n) is 21.6. The first-order valence-electron chi connectivity index (χ1n) is 11.9. The summed E-state index contributed by atoms with van der Waals surface area (Å²) in [6, 6.07) is -3.78. The number of thioether (sulfide) groups is 2. The van der Waals surface area contributed by atoms with Gasteiger partial charge >= 0.3 is 5.97 Å². The van der Waals surface area contributed by atoms with Crippen molar-refractivity contribution in [3.05, 3.63) is 0 Å². The summed E-state index contributed by atoms with van der Waals surface area (Å²) in [7, 11) is 0. The lowest BCUT2D eigenvalue weighted by Gasteiger charge is -2.28. The maximum Gasteiger partial charge on any atom is 0.326 e. The van der Waals surface area contributed by atoms with Gasteiger partial charge in [-0.2, -0.15) is 23.5 Å². The molecule has 5 unspecified atom stereocenters. The number of aliphatic imine (C=N–C) groups is 1. The third-order valence-electron chi connectivity index (χ3n) is 5.57. The average molecular weight is 550 g/mol. The molecule has 0 heterocycles. The van der Waals surface area contributed by atoms with Crippen LogP contribution in [0.3, 0.4) is 0 Å². The van der Waals surface area contributed by atoms with Crippen molar-refractivity contribution in [2.24, 2.45) is 28.1 Å². The highest BCUT2D eigenvalue weighted by molar-refractivity contribution is 7.98. The van der Waals surface area contributed by atoms with Crippen LogP contribution in [0, 0.1) is 5.92 Å². The van der Waals surface area contributed by atoms with Crippen LogP contribution in [0.2, 0.25) is 0 Å². The van der Waals surface area contributed by atoms with Gasteiger partial charge in [0.25, 0.3) is 0 Å². The maximum atomic E-state index is 13.2.